The number of aromatic nitrogens is 1. The molecule has 1 heterocycles. The molecule has 0 amide bonds. The van der Waals surface area contributed by atoms with Gasteiger partial charge in [0.1, 0.15) is 5.75 Å². The largest absolute Gasteiger partial charge is 0.493 e. The molecule has 0 radical (unpaired) electrons. The summed E-state index contributed by atoms with van der Waals surface area (Å²) in [7, 11) is 3.44. The summed E-state index contributed by atoms with van der Waals surface area (Å²) < 4.78 is 16.4. The van der Waals surface area contributed by atoms with Crippen LogP contribution in [-0.2, 0) is 17.8 Å². The van der Waals surface area contributed by atoms with Gasteiger partial charge in [-0.1, -0.05) is 31.1 Å². The minimum atomic E-state index is 0.346. The lowest BCUT2D eigenvalue weighted by atomic mass is 10.1. The summed E-state index contributed by atoms with van der Waals surface area (Å²) >= 11 is 0. The van der Waals surface area contributed by atoms with E-state index in [9.17, 15) is 0 Å². The maximum atomic E-state index is 5.94. The minimum Gasteiger partial charge on any atom is -0.493 e. The van der Waals surface area contributed by atoms with Crippen LogP contribution < -0.4 is 15.4 Å². The van der Waals surface area contributed by atoms with E-state index in [1.165, 1.54) is 5.56 Å². The molecule has 1 aromatic carbocycles. The van der Waals surface area contributed by atoms with Gasteiger partial charge in [-0.25, -0.2) is 0 Å². The highest BCUT2D eigenvalue weighted by Crippen LogP contribution is 2.20. The minimum absolute atomic E-state index is 0.346. The molecule has 0 fully saturated rings. The predicted molar refractivity (Wildman–Crippen MR) is 111 cm³/mol. The summed E-state index contributed by atoms with van der Waals surface area (Å²) in [6.07, 6.45) is 0.857. The van der Waals surface area contributed by atoms with Crippen molar-refractivity contribution in [3.05, 3.63) is 46.8 Å². The van der Waals surface area contributed by atoms with Crippen LogP contribution >= 0.6 is 0 Å². The van der Waals surface area contributed by atoms with Crippen LogP contribution in [0.15, 0.2) is 33.8 Å². The maximum Gasteiger partial charge on any atom is 0.191 e. The molecule has 0 bridgehead atoms. The van der Waals surface area contributed by atoms with E-state index < -0.39 is 0 Å². The average molecular weight is 389 g/mol. The fourth-order valence-corrected chi connectivity index (χ4v) is 2.58. The molecule has 154 valence electrons. The van der Waals surface area contributed by atoms with Crippen LogP contribution in [0.1, 0.15) is 48.8 Å². The zero-order valence-corrected chi connectivity index (χ0v) is 17.5. The summed E-state index contributed by atoms with van der Waals surface area (Å²) in [5.41, 5.74) is 3.20. The van der Waals surface area contributed by atoms with Crippen LogP contribution in [0.4, 0.5) is 0 Å². The molecule has 0 aliphatic rings. The Morgan fingerprint density at radius 1 is 1.18 bits per heavy atom. The predicted octanol–water partition coefficient (Wildman–Crippen LogP) is 3.39. The third-order valence-corrected chi connectivity index (χ3v) is 4.24. The number of guanidine groups is 1. The van der Waals surface area contributed by atoms with Gasteiger partial charge < -0.3 is 24.6 Å². The van der Waals surface area contributed by atoms with Crippen molar-refractivity contribution in [3.8, 4) is 5.75 Å². The van der Waals surface area contributed by atoms with E-state index in [2.05, 4.69) is 59.8 Å². The molecule has 0 atom stereocenters. The van der Waals surface area contributed by atoms with Crippen molar-refractivity contribution in [2.45, 2.75) is 46.2 Å². The third kappa shape index (κ3) is 6.88. The van der Waals surface area contributed by atoms with Crippen LogP contribution in [0.2, 0.25) is 0 Å². The second-order valence-electron chi connectivity index (χ2n) is 6.96. The summed E-state index contributed by atoms with van der Waals surface area (Å²) in [5, 5.41) is 10.6. The quantitative estimate of drug-likeness (QED) is 0.369. The fourth-order valence-electron chi connectivity index (χ4n) is 2.58. The highest BCUT2D eigenvalue weighted by Gasteiger charge is 2.09. The van der Waals surface area contributed by atoms with E-state index in [1.807, 2.05) is 6.07 Å². The van der Waals surface area contributed by atoms with Gasteiger partial charge >= 0.3 is 0 Å². The van der Waals surface area contributed by atoms with Crippen molar-refractivity contribution in [2.24, 2.45) is 4.99 Å². The van der Waals surface area contributed by atoms with Gasteiger partial charge in [-0.3, -0.25) is 4.99 Å². The Labute approximate surface area is 167 Å². The summed E-state index contributed by atoms with van der Waals surface area (Å²) in [5.74, 6) is 2.70. The molecule has 1 aromatic heterocycles. The van der Waals surface area contributed by atoms with Crippen molar-refractivity contribution >= 4 is 5.96 Å². The number of nitrogens with zero attached hydrogens (tertiary/aromatic N) is 2. The summed E-state index contributed by atoms with van der Waals surface area (Å²) in [6, 6.07) is 8.18. The molecule has 0 aliphatic heterocycles. The number of nitrogens with one attached hydrogen (secondary N) is 2. The zero-order chi connectivity index (χ0) is 20.4. The average Bonchev–Trinajstić information content (AvgIpc) is 3.16. The molecule has 0 unspecified atom stereocenters. The van der Waals surface area contributed by atoms with Gasteiger partial charge in [0.2, 0.25) is 0 Å². The second kappa shape index (κ2) is 11.3. The SMILES string of the molecule is CN=C(NCc1cc(C(C)C)no1)NCc1ccc(C)cc1OCCCOC. The van der Waals surface area contributed by atoms with E-state index >= 15 is 0 Å². The molecule has 0 spiro atoms. The van der Waals surface area contributed by atoms with E-state index in [-0.39, 0.29) is 0 Å². The molecule has 2 aromatic rings. The Hall–Kier alpha value is -2.54. The molecule has 0 aliphatic carbocycles. The monoisotopic (exact) mass is 388 g/mol. The Kier molecular flexibility index (Phi) is 8.81. The van der Waals surface area contributed by atoms with Crippen LogP contribution in [0.25, 0.3) is 0 Å². The third-order valence-electron chi connectivity index (χ3n) is 4.24. The van der Waals surface area contributed by atoms with Crippen LogP contribution in [0, 0.1) is 6.92 Å². The van der Waals surface area contributed by atoms with Gasteiger partial charge in [0.15, 0.2) is 11.7 Å². The lowest BCUT2D eigenvalue weighted by molar-refractivity contribution is 0.171. The second-order valence-corrected chi connectivity index (χ2v) is 6.96. The van der Waals surface area contributed by atoms with Crippen molar-refractivity contribution in [3.63, 3.8) is 0 Å². The topological polar surface area (TPSA) is 80.9 Å². The Balaban J connectivity index is 1.89. The lowest BCUT2D eigenvalue weighted by Crippen LogP contribution is -2.36. The Morgan fingerprint density at radius 3 is 2.64 bits per heavy atom. The van der Waals surface area contributed by atoms with Crippen molar-refractivity contribution < 1.29 is 14.0 Å². The number of aliphatic imine (C=N–C) groups is 1. The van der Waals surface area contributed by atoms with Crippen molar-refractivity contribution in [1.82, 2.24) is 15.8 Å². The van der Waals surface area contributed by atoms with Crippen LogP contribution in [0.3, 0.4) is 0 Å². The number of hydrogen-bond donors (Lipinski definition) is 2. The summed E-state index contributed by atoms with van der Waals surface area (Å²) in [6.45, 7) is 8.68. The molecule has 0 saturated heterocycles. The number of rotatable bonds is 10. The molecule has 28 heavy (non-hydrogen) atoms. The molecule has 7 nitrogen and oxygen atoms in total. The number of ether oxygens (including phenoxy) is 2. The van der Waals surface area contributed by atoms with Gasteiger partial charge in [0.05, 0.1) is 18.8 Å². The summed E-state index contributed by atoms with van der Waals surface area (Å²) in [4.78, 5) is 4.27. The molecular formula is C21H32N4O3. The van der Waals surface area contributed by atoms with E-state index in [0.717, 1.165) is 29.2 Å². The number of methoxy groups -OCH3 is 1. The molecule has 2 rings (SSSR count). The maximum absolute atomic E-state index is 5.94. The fraction of sp³-hybridized carbons (Fsp3) is 0.524. The zero-order valence-electron chi connectivity index (χ0n) is 17.5. The van der Waals surface area contributed by atoms with Gasteiger partial charge in [-0.2, -0.15) is 0 Å². The molecule has 2 N–H and O–H groups in total. The molecular weight excluding hydrogens is 356 g/mol. The Bertz CT molecular complexity index is 756. The standard InChI is InChI=1S/C21H32N4O3/c1-15(2)19-12-18(28-25-19)14-24-21(22-4)23-13-17-8-7-16(3)11-20(17)27-10-6-9-26-5/h7-8,11-12,15H,6,9-10,13-14H2,1-5H3,(H2,22,23,24). The normalized spacial score (nSPS) is 11.7. The first-order valence-electron chi connectivity index (χ1n) is 9.64. The number of benzene rings is 1. The molecule has 7 heteroatoms. The molecule has 0 saturated carbocycles. The van der Waals surface area contributed by atoms with Gasteiger partial charge in [0.25, 0.3) is 0 Å². The van der Waals surface area contributed by atoms with Crippen molar-refractivity contribution in [1.29, 1.82) is 0 Å². The van der Waals surface area contributed by atoms with Gasteiger partial charge in [-0.15, -0.1) is 0 Å². The van der Waals surface area contributed by atoms with Crippen LogP contribution in [-0.4, -0.2) is 38.5 Å². The van der Waals surface area contributed by atoms with Gasteiger partial charge in [-0.05, 0) is 24.5 Å². The first kappa shape index (κ1) is 21.8. The number of aryl methyl sites for hydroxylation is 1. The smallest absolute Gasteiger partial charge is 0.191 e. The Morgan fingerprint density at radius 2 is 1.96 bits per heavy atom. The van der Waals surface area contributed by atoms with E-state index in [4.69, 9.17) is 14.0 Å². The van der Waals surface area contributed by atoms with Gasteiger partial charge in [0, 0.05) is 45.4 Å². The van der Waals surface area contributed by atoms with E-state index in [1.54, 1.807) is 14.2 Å². The van der Waals surface area contributed by atoms with Crippen LogP contribution in [0.5, 0.6) is 5.75 Å². The first-order chi connectivity index (χ1) is 13.5. The van der Waals surface area contributed by atoms with E-state index in [0.29, 0.717) is 38.2 Å². The first-order valence-corrected chi connectivity index (χ1v) is 9.64. The lowest BCUT2D eigenvalue weighted by Gasteiger charge is -2.15. The number of hydrogen-bond acceptors (Lipinski definition) is 5. The highest BCUT2D eigenvalue weighted by molar-refractivity contribution is 5.79. The highest BCUT2D eigenvalue weighted by atomic mass is 16.5. The van der Waals surface area contributed by atoms with Crippen molar-refractivity contribution in [2.75, 3.05) is 27.4 Å².